The molecule has 3 N–H and O–H groups in total. The van der Waals surface area contributed by atoms with Crippen LogP contribution in [0, 0.1) is 17.8 Å². The van der Waals surface area contributed by atoms with Crippen LogP contribution in [0.25, 0.3) is 22.5 Å². The Morgan fingerprint density at radius 3 is 1.75 bits per heavy atom. The van der Waals surface area contributed by atoms with Gasteiger partial charge in [0.15, 0.2) is 0 Å². The number of aromatic amines is 2. The van der Waals surface area contributed by atoms with Crippen molar-refractivity contribution < 1.29 is 23.9 Å². The number of nitrogens with one attached hydrogen (secondary N) is 3. The topological polar surface area (TPSA) is 149 Å². The first-order chi connectivity index (χ1) is 29.3. The van der Waals surface area contributed by atoms with Crippen molar-refractivity contribution in [1.82, 2.24) is 40.0 Å². The number of rotatable bonds is 10. The molecule has 3 saturated heterocycles. The summed E-state index contributed by atoms with van der Waals surface area (Å²) in [4.78, 5) is 62.2. The van der Waals surface area contributed by atoms with Crippen LogP contribution in [-0.4, -0.2) is 105 Å². The van der Waals surface area contributed by atoms with E-state index in [-0.39, 0.29) is 35.9 Å². The molecule has 13 heteroatoms. The molecular weight excluding hydrogens is 757 g/mol. The molecule has 5 heterocycles. The predicted octanol–water partition coefficient (Wildman–Crippen LogP) is 6.65. The second-order valence-corrected chi connectivity index (χ2v) is 16.0. The maximum atomic E-state index is 14.3. The number of H-pyrrole nitrogens is 2. The van der Waals surface area contributed by atoms with Gasteiger partial charge in [0, 0.05) is 37.3 Å². The van der Waals surface area contributed by atoms with Crippen LogP contribution in [-0.2, 0) is 19.1 Å². The number of amides is 3. The summed E-state index contributed by atoms with van der Waals surface area (Å²) >= 11 is 0. The van der Waals surface area contributed by atoms with E-state index >= 15 is 0 Å². The molecule has 3 aromatic carbocycles. The summed E-state index contributed by atoms with van der Waals surface area (Å²) in [5, 5.41) is 2.70. The first-order valence-electron chi connectivity index (χ1n) is 20.9. The molecule has 60 heavy (non-hydrogen) atoms. The average molecular weight is 809 g/mol. The quantitative estimate of drug-likeness (QED) is 0.133. The molecule has 3 aliphatic heterocycles. The van der Waals surface area contributed by atoms with Crippen LogP contribution in [0.15, 0.2) is 91.3 Å². The van der Waals surface area contributed by atoms with E-state index in [1.165, 1.54) is 7.11 Å². The van der Waals surface area contributed by atoms with Crippen molar-refractivity contribution >= 4 is 17.9 Å². The monoisotopic (exact) mass is 808 g/mol. The number of hydrogen-bond donors (Lipinski definition) is 3. The van der Waals surface area contributed by atoms with Gasteiger partial charge in [-0.25, -0.2) is 14.8 Å². The highest BCUT2D eigenvalue weighted by Crippen LogP contribution is 2.36. The van der Waals surface area contributed by atoms with Crippen LogP contribution < -0.4 is 5.32 Å². The number of imidazole rings is 2. The molecule has 0 unspecified atom stereocenters. The lowest BCUT2D eigenvalue weighted by Crippen LogP contribution is -2.51. The van der Waals surface area contributed by atoms with Crippen LogP contribution in [0.4, 0.5) is 4.79 Å². The number of alkyl carbamates (subject to hydrolysis) is 1. The lowest BCUT2D eigenvalue weighted by atomic mass is 10.0. The van der Waals surface area contributed by atoms with E-state index in [1.54, 1.807) is 6.20 Å². The van der Waals surface area contributed by atoms with Crippen LogP contribution in [0.1, 0.15) is 86.0 Å². The number of benzene rings is 3. The molecule has 5 aromatic rings. The van der Waals surface area contributed by atoms with Gasteiger partial charge in [-0.2, -0.15) is 0 Å². The fourth-order valence-electron chi connectivity index (χ4n) is 8.56. The van der Waals surface area contributed by atoms with E-state index in [0.717, 1.165) is 89.6 Å². The van der Waals surface area contributed by atoms with Crippen molar-refractivity contribution in [1.29, 1.82) is 0 Å². The van der Waals surface area contributed by atoms with E-state index in [1.807, 2.05) is 109 Å². The number of morpholine rings is 1. The van der Waals surface area contributed by atoms with Crippen LogP contribution in [0.5, 0.6) is 0 Å². The van der Waals surface area contributed by atoms with Crippen molar-refractivity contribution in [2.45, 2.75) is 63.7 Å². The maximum Gasteiger partial charge on any atom is 0.407 e. The predicted molar refractivity (Wildman–Crippen MR) is 227 cm³/mol. The Bertz CT molecular complexity index is 2320. The second-order valence-electron chi connectivity index (χ2n) is 16.0. The summed E-state index contributed by atoms with van der Waals surface area (Å²) in [6.07, 6.45) is 6.46. The molecule has 3 aliphatic rings. The van der Waals surface area contributed by atoms with Gasteiger partial charge in [0.25, 0.3) is 0 Å². The maximum absolute atomic E-state index is 14.3. The highest BCUT2D eigenvalue weighted by molar-refractivity contribution is 5.86. The Balaban J connectivity index is 0.898. The Morgan fingerprint density at radius 2 is 1.25 bits per heavy atom. The summed E-state index contributed by atoms with van der Waals surface area (Å²) in [6.45, 7) is 7.81. The van der Waals surface area contributed by atoms with Gasteiger partial charge >= 0.3 is 6.09 Å². The van der Waals surface area contributed by atoms with E-state index in [9.17, 15) is 14.4 Å². The standard InChI is InChI=1S/C47H52N8O5/c1-31(2)41(52-47(58)59-3)45(56)54-23-7-11-39(54)43-48-29-37(50-43)34-19-15-32(16-20-34)13-14-33-17-21-35(22-18-33)38-30-49-44(51-38)40-12-8-24-55(40)46(57)42(36-9-5-4-6-10-36)53-25-27-60-28-26-53/h4-6,9-10,15-22,29-31,39-42H,7-8,11-12,23-28H2,1-3H3,(H,48,50)(H,49,51)(H,52,58)/t39-,40-,41-,42+/m0/s1. The average Bonchev–Trinajstić information content (AvgIpc) is 4.13. The smallest absolute Gasteiger partial charge is 0.407 e. The fourth-order valence-corrected chi connectivity index (χ4v) is 8.56. The molecule has 0 bridgehead atoms. The molecule has 3 amide bonds. The Labute approximate surface area is 350 Å². The highest BCUT2D eigenvalue weighted by Gasteiger charge is 2.40. The highest BCUT2D eigenvalue weighted by atomic mass is 16.5. The number of ether oxygens (including phenoxy) is 2. The van der Waals surface area contributed by atoms with Crippen molar-refractivity contribution in [3.05, 3.63) is 120 Å². The number of hydrogen-bond acceptors (Lipinski definition) is 8. The zero-order chi connectivity index (χ0) is 41.6. The molecule has 13 nitrogen and oxygen atoms in total. The first kappa shape index (κ1) is 40.5. The Hall–Kier alpha value is -6.23. The molecule has 0 saturated carbocycles. The third-order valence-electron chi connectivity index (χ3n) is 11.8. The van der Waals surface area contributed by atoms with Crippen LogP contribution >= 0.6 is 0 Å². The first-order valence-corrected chi connectivity index (χ1v) is 20.9. The number of nitrogens with zero attached hydrogens (tertiary/aromatic N) is 5. The molecule has 8 rings (SSSR count). The fraction of sp³-hybridized carbons (Fsp3) is 0.383. The summed E-state index contributed by atoms with van der Waals surface area (Å²) < 4.78 is 10.4. The number of methoxy groups -OCH3 is 1. The second kappa shape index (κ2) is 18.4. The molecule has 0 spiro atoms. The largest absolute Gasteiger partial charge is 0.453 e. The minimum Gasteiger partial charge on any atom is -0.453 e. The van der Waals surface area contributed by atoms with E-state index in [4.69, 9.17) is 14.5 Å². The number of likely N-dealkylation sites (tertiary alicyclic amines) is 2. The summed E-state index contributed by atoms with van der Waals surface area (Å²) in [5.41, 5.74) is 6.49. The third kappa shape index (κ3) is 8.85. The number of aromatic nitrogens is 4. The minimum absolute atomic E-state index is 0.101. The third-order valence-corrected chi connectivity index (χ3v) is 11.8. The summed E-state index contributed by atoms with van der Waals surface area (Å²) in [7, 11) is 1.29. The van der Waals surface area contributed by atoms with E-state index in [2.05, 4.69) is 37.0 Å². The molecule has 0 radical (unpaired) electrons. The van der Waals surface area contributed by atoms with Gasteiger partial charge in [-0.3, -0.25) is 14.5 Å². The van der Waals surface area contributed by atoms with Crippen molar-refractivity contribution in [2.75, 3.05) is 46.5 Å². The van der Waals surface area contributed by atoms with E-state index in [0.29, 0.717) is 26.3 Å². The Kier molecular flexibility index (Phi) is 12.4. The van der Waals surface area contributed by atoms with Gasteiger partial charge < -0.3 is 34.6 Å². The number of carbonyl (C=O) groups excluding carboxylic acids is 3. The van der Waals surface area contributed by atoms with Crippen molar-refractivity contribution in [2.24, 2.45) is 5.92 Å². The minimum atomic E-state index is -0.684. The molecule has 3 fully saturated rings. The van der Waals surface area contributed by atoms with E-state index < -0.39 is 12.1 Å². The van der Waals surface area contributed by atoms with Gasteiger partial charge in [0.1, 0.15) is 23.7 Å². The number of carbonyl (C=O) groups is 3. The summed E-state index contributed by atoms with van der Waals surface area (Å²) in [6, 6.07) is 24.8. The molecule has 310 valence electrons. The Morgan fingerprint density at radius 1 is 0.733 bits per heavy atom. The summed E-state index contributed by atoms with van der Waals surface area (Å²) in [5.74, 6) is 7.97. The van der Waals surface area contributed by atoms with Gasteiger partial charge in [-0.05, 0) is 72.6 Å². The molecular formula is C47H52N8O5. The van der Waals surface area contributed by atoms with Gasteiger partial charge in [-0.15, -0.1) is 0 Å². The zero-order valence-corrected chi connectivity index (χ0v) is 34.4. The molecule has 2 aromatic heterocycles. The van der Waals surface area contributed by atoms with Gasteiger partial charge in [-0.1, -0.05) is 80.3 Å². The lowest BCUT2D eigenvalue weighted by Gasteiger charge is -2.37. The molecule has 0 aliphatic carbocycles. The lowest BCUT2D eigenvalue weighted by molar-refractivity contribution is -0.140. The van der Waals surface area contributed by atoms with Gasteiger partial charge in [0.2, 0.25) is 11.8 Å². The normalized spacial score (nSPS) is 19.1. The van der Waals surface area contributed by atoms with Crippen molar-refractivity contribution in [3.63, 3.8) is 0 Å². The zero-order valence-electron chi connectivity index (χ0n) is 34.4. The van der Waals surface area contributed by atoms with Crippen LogP contribution in [0.3, 0.4) is 0 Å². The molecule has 4 atom stereocenters. The van der Waals surface area contributed by atoms with Gasteiger partial charge in [0.05, 0.1) is 56.2 Å². The van der Waals surface area contributed by atoms with Crippen molar-refractivity contribution in [3.8, 4) is 34.4 Å². The van der Waals surface area contributed by atoms with Crippen LogP contribution in [0.2, 0.25) is 0 Å². The SMILES string of the molecule is COC(=O)N[C@H](C(=O)N1CCC[C@H]1c1ncc(-c2ccc(C#Cc3ccc(-c4cnc([C@@H]5CCCN5C(=O)[C@@H](c5ccccc5)N5CCOCC5)[nH]4)cc3)cc2)[nH]1)C(C)C.